The summed E-state index contributed by atoms with van der Waals surface area (Å²) in [6.45, 7) is 2.33. The van der Waals surface area contributed by atoms with Gasteiger partial charge in [-0.05, 0) is 36.8 Å². The third-order valence-corrected chi connectivity index (χ3v) is 6.02. The zero-order valence-electron chi connectivity index (χ0n) is 7.29. The summed E-state index contributed by atoms with van der Waals surface area (Å²) in [7, 11) is 1.05. The minimum Gasteiger partial charge on any atom is -0.423 e. The van der Waals surface area contributed by atoms with Crippen LogP contribution in [-0.2, 0) is 4.43 Å². The molecule has 0 spiro atoms. The lowest BCUT2D eigenvalue weighted by Gasteiger charge is -2.22. The van der Waals surface area contributed by atoms with Crippen molar-refractivity contribution in [3.63, 3.8) is 0 Å². The molecule has 2 bridgehead atoms. The van der Waals surface area contributed by atoms with E-state index in [0.29, 0.717) is 0 Å². The Morgan fingerprint density at radius 3 is 2.64 bits per heavy atom. The Balaban J connectivity index is 2.02. The predicted octanol–water partition coefficient (Wildman–Crippen LogP) is 1.95. The molecule has 0 saturated heterocycles. The molecule has 2 aliphatic carbocycles. The summed E-state index contributed by atoms with van der Waals surface area (Å²) in [5, 5.41) is 0. The zero-order valence-corrected chi connectivity index (χ0v) is 8.44. The smallest absolute Gasteiger partial charge is 0.177 e. The SMILES string of the molecule is CO[SiH](C)C1CC2C=CC1C2. The maximum atomic E-state index is 5.49. The van der Waals surface area contributed by atoms with Gasteiger partial charge in [-0.2, -0.15) is 0 Å². The van der Waals surface area contributed by atoms with Crippen molar-refractivity contribution in [2.24, 2.45) is 11.8 Å². The molecule has 4 atom stereocenters. The van der Waals surface area contributed by atoms with E-state index in [1.807, 2.05) is 7.11 Å². The van der Waals surface area contributed by atoms with E-state index in [4.69, 9.17) is 4.43 Å². The summed E-state index contributed by atoms with van der Waals surface area (Å²) < 4.78 is 5.49. The molecule has 0 radical (unpaired) electrons. The van der Waals surface area contributed by atoms with E-state index < -0.39 is 9.04 Å². The van der Waals surface area contributed by atoms with Crippen molar-refractivity contribution in [2.75, 3.05) is 7.11 Å². The molecule has 0 heterocycles. The van der Waals surface area contributed by atoms with Crippen LogP contribution in [-0.4, -0.2) is 16.2 Å². The standard InChI is InChI=1S/C9H16OSi/c1-10-11(2)9-6-7-3-4-8(9)5-7/h3-4,7-9,11H,5-6H2,1-2H3. The van der Waals surface area contributed by atoms with Gasteiger partial charge in [0.05, 0.1) is 0 Å². The van der Waals surface area contributed by atoms with E-state index in [2.05, 4.69) is 18.7 Å². The van der Waals surface area contributed by atoms with Gasteiger partial charge in [-0.3, -0.25) is 0 Å². The van der Waals surface area contributed by atoms with Gasteiger partial charge in [-0.15, -0.1) is 0 Å². The largest absolute Gasteiger partial charge is 0.423 e. The third kappa shape index (κ3) is 1.18. The second-order valence-electron chi connectivity index (χ2n) is 3.88. The Labute approximate surface area is 70.2 Å². The van der Waals surface area contributed by atoms with Gasteiger partial charge in [0.25, 0.3) is 0 Å². The average Bonchev–Trinajstić information content (AvgIpc) is 2.62. The molecular formula is C9H16OSi. The van der Waals surface area contributed by atoms with Crippen LogP contribution < -0.4 is 0 Å². The Kier molecular flexibility index (Phi) is 1.89. The number of fused-ring (bicyclic) bond motifs is 2. The molecule has 1 saturated carbocycles. The van der Waals surface area contributed by atoms with Gasteiger partial charge in [0, 0.05) is 7.11 Å². The molecule has 62 valence electrons. The number of hydrogen-bond donors (Lipinski definition) is 0. The highest BCUT2D eigenvalue weighted by Gasteiger charge is 2.39. The second kappa shape index (κ2) is 2.76. The fraction of sp³-hybridized carbons (Fsp3) is 0.778. The maximum Gasteiger partial charge on any atom is 0.177 e. The molecule has 0 aromatic heterocycles. The van der Waals surface area contributed by atoms with Crippen molar-refractivity contribution in [3.05, 3.63) is 12.2 Å². The van der Waals surface area contributed by atoms with Crippen LogP contribution in [0.2, 0.25) is 12.1 Å². The molecule has 1 fully saturated rings. The highest BCUT2D eigenvalue weighted by molar-refractivity contribution is 6.52. The van der Waals surface area contributed by atoms with E-state index in [1.54, 1.807) is 0 Å². The monoisotopic (exact) mass is 168 g/mol. The molecule has 1 nitrogen and oxygen atoms in total. The highest BCUT2D eigenvalue weighted by atomic mass is 28.3. The Hall–Kier alpha value is -0.0831. The quantitative estimate of drug-likeness (QED) is 0.452. The topological polar surface area (TPSA) is 9.23 Å². The summed E-state index contributed by atoms with van der Waals surface area (Å²) in [4.78, 5) is 0. The first-order valence-corrected chi connectivity index (χ1v) is 6.81. The number of rotatable bonds is 2. The van der Waals surface area contributed by atoms with E-state index in [-0.39, 0.29) is 0 Å². The lowest BCUT2D eigenvalue weighted by atomic mass is 10.1. The first-order valence-electron chi connectivity index (χ1n) is 4.52. The molecule has 0 aliphatic heterocycles. The Bertz CT molecular complexity index is 178. The average molecular weight is 168 g/mol. The number of allylic oxidation sites excluding steroid dienone is 2. The molecule has 2 rings (SSSR count). The van der Waals surface area contributed by atoms with Crippen LogP contribution in [0, 0.1) is 11.8 Å². The van der Waals surface area contributed by atoms with Crippen molar-refractivity contribution in [3.8, 4) is 0 Å². The van der Waals surface area contributed by atoms with Crippen LogP contribution in [0.4, 0.5) is 0 Å². The fourth-order valence-corrected chi connectivity index (χ4v) is 4.60. The lowest BCUT2D eigenvalue weighted by Crippen LogP contribution is -2.22. The normalized spacial score (nSPS) is 43.3. The summed E-state index contributed by atoms with van der Waals surface area (Å²) in [5.74, 6) is 1.80. The predicted molar refractivity (Wildman–Crippen MR) is 49.1 cm³/mol. The van der Waals surface area contributed by atoms with Gasteiger partial charge in [-0.1, -0.05) is 12.2 Å². The minimum atomic E-state index is -0.830. The van der Waals surface area contributed by atoms with Crippen LogP contribution in [0.1, 0.15) is 12.8 Å². The maximum absolute atomic E-state index is 5.49. The minimum absolute atomic E-state index is 0.830. The summed E-state index contributed by atoms with van der Waals surface area (Å²) in [6, 6.07) is 0. The molecular weight excluding hydrogens is 152 g/mol. The molecule has 11 heavy (non-hydrogen) atoms. The van der Waals surface area contributed by atoms with Gasteiger partial charge < -0.3 is 4.43 Å². The van der Waals surface area contributed by atoms with Gasteiger partial charge in [0.1, 0.15) is 0 Å². The van der Waals surface area contributed by atoms with Crippen molar-refractivity contribution in [1.82, 2.24) is 0 Å². The van der Waals surface area contributed by atoms with Gasteiger partial charge in [0.15, 0.2) is 9.04 Å². The van der Waals surface area contributed by atoms with E-state index >= 15 is 0 Å². The molecule has 4 unspecified atom stereocenters. The van der Waals surface area contributed by atoms with Crippen molar-refractivity contribution >= 4 is 9.04 Å². The molecule has 0 N–H and O–H groups in total. The van der Waals surface area contributed by atoms with Crippen molar-refractivity contribution < 1.29 is 4.43 Å². The fourth-order valence-electron chi connectivity index (χ4n) is 2.54. The van der Waals surface area contributed by atoms with Gasteiger partial charge >= 0.3 is 0 Å². The molecule has 0 aromatic carbocycles. The molecule has 2 heteroatoms. The lowest BCUT2D eigenvalue weighted by molar-refractivity contribution is 0.402. The first-order chi connectivity index (χ1) is 5.31. The van der Waals surface area contributed by atoms with Gasteiger partial charge in [-0.25, -0.2) is 0 Å². The van der Waals surface area contributed by atoms with E-state index in [9.17, 15) is 0 Å². The van der Waals surface area contributed by atoms with E-state index in [0.717, 1.165) is 17.4 Å². The Morgan fingerprint density at radius 2 is 2.18 bits per heavy atom. The van der Waals surface area contributed by atoms with Crippen LogP contribution in [0.15, 0.2) is 12.2 Å². The van der Waals surface area contributed by atoms with Crippen LogP contribution in [0.25, 0.3) is 0 Å². The summed E-state index contributed by atoms with van der Waals surface area (Å²) in [6.07, 6.45) is 7.66. The Morgan fingerprint density at radius 1 is 1.36 bits per heavy atom. The van der Waals surface area contributed by atoms with Crippen molar-refractivity contribution in [2.45, 2.75) is 24.9 Å². The van der Waals surface area contributed by atoms with E-state index in [1.165, 1.54) is 12.8 Å². The van der Waals surface area contributed by atoms with Crippen LogP contribution in [0.5, 0.6) is 0 Å². The van der Waals surface area contributed by atoms with Crippen molar-refractivity contribution in [1.29, 1.82) is 0 Å². The first kappa shape index (κ1) is 7.56. The van der Waals surface area contributed by atoms with Crippen LogP contribution >= 0.6 is 0 Å². The second-order valence-corrected chi connectivity index (χ2v) is 6.62. The number of hydrogen-bond acceptors (Lipinski definition) is 1. The molecule has 0 amide bonds. The molecule has 0 aromatic rings. The van der Waals surface area contributed by atoms with Crippen LogP contribution in [0.3, 0.4) is 0 Å². The highest BCUT2D eigenvalue weighted by Crippen LogP contribution is 2.48. The summed E-state index contributed by atoms with van der Waals surface area (Å²) >= 11 is 0. The summed E-state index contributed by atoms with van der Waals surface area (Å²) in [5.41, 5.74) is 0.940. The zero-order chi connectivity index (χ0) is 7.84. The molecule has 2 aliphatic rings. The third-order valence-electron chi connectivity index (χ3n) is 3.30. The van der Waals surface area contributed by atoms with Gasteiger partial charge in [0.2, 0.25) is 0 Å².